The summed E-state index contributed by atoms with van der Waals surface area (Å²) >= 11 is 1.58. The summed E-state index contributed by atoms with van der Waals surface area (Å²) in [5, 5.41) is 15.4. The SMILES string of the molecule is CSc1ccccc1NC(=O)CCn1cnc(C#N)n1. The molecule has 0 atom stereocenters. The van der Waals surface area contributed by atoms with Gasteiger partial charge in [-0.05, 0) is 18.4 Å². The molecule has 1 heterocycles. The number of thioether (sulfide) groups is 1. The highest BCUT2D eigenvalue weighted by Crippen LogP contribution is 2.24. The quantitative estimate of drug-likeness (QED) is 0.849. The number of rotatable bonds is 5. The topological polar surface area (TPSA) is 83.6 Å². The molecule has 0 saturated carbocycles. The molecule has 102 valence electrons. The Morgan fingerprint density at radius 2 is 2.30 bits per heavy atom. The molecule has 1 N–H and O–H groups in total. The zero-order valence-electron chi connectivity index (χ0n) is 10.9. The first-order chi connectivity index (χ1) is 9.72. The predicted octanol–water partition coefficient (Wildman–Crippen LogP) is 1.90. The molecule has 1 amide bonds. The fourth-order valence-corrected chi connectivity index (χ4v) is 2.18. The Labute approximate surface area is 120 Å². The van der Waals surface area contributed by atoms with Gasteiger partial charge in [0, 0.05) is 11.3 Å². The summed E-state index contributed by atoms with van der Waals surface area (Å²) in [5.74, 6) is 0.0126. The Hall–Kier alpha value is -2.33. The van der Waals surface area contributed by atoms with Crippen molar-refractivity contribution in [1.82, 2.24) is 14.8 Å². The summed E-state index contributed by atoms with van der Waals surface area (Å²) in [4.78, 5) is 16.7. The zero-order valence-corrected chi connectivity index (χ0v) is 11.7. The van der Waals surface area contributed by atoms with E-state index in [-0.39, 0.29) is 18.2 Å². The molecule has 0 aliphatic heterocycles. The smallest absolute Gasteiger partial charge is 0.252 e. The number of carbonyl (C=O) groups is 1. The van der Waals surface area contributed by atoms with Gasteiger partial charge in [0.25, 0.3) is 5.82 Å². The van der Waals surface area contributed by atoms with E-state index in [4.69, 9.17) is 5.26 Å². The summed E-state index contributed by atoms with van der Waals surface area (Å²) in [6.07, 6.45) is 3.68. The molecule has 0 bridgehead atoms. The van der Waals surface area contributed by atoms with E-state index in [2.05, 4.69) is 15.4 Å². The maximum Gasteiger partial charge on any atom is 0.252 e. The number of anilines is 1. The number of nitrogens with one attached hydrogen (secondary N) is 1. The second kappa shape index (κ2) is 6.73. The van der Waals surface area contributed by atoms with E-state index in [1.807, 2.05) is 36.6 Å². The minimum atomic E-state index is -0.0968. The number of benzene rings is 1. The van der Waals surface area contributed by atoms with E-state index in [0.29, 0.717) is 6.54 Å². The summed E-state index contributed by atoms with van der Waals surface area (Å²) in [6.45, 7) is 0.391. The number of hydrogen-bond acceptors (Lipinski definition) is 5. The Morgan fingerprint density at radius 3 is 3.00 bits per heavy atom. The number of carbonyl (C=O) groups excluding carboxylic acids is 1. The van der Waals surface area contributed by atoms with Gasteiger partial charge in [0.15, 0.2) is 0 Å². The van der Waals surface area contributed by atoms with Crippen LogP contribution in [0.4, 0.5) is 5.69 Å². The fraction of sp³-hybridized carbons (Fsp3) is 0.231. The van der Waals surface area contributed by atoms with Crippen molar-refractivity contribution in [1.29, 1.82) is 5.26 Å². The number of aryl methyl sites for hydroxylation is 1. The molecule has 0 spiro atoms. The van der Waals surface area contributed by atoms with E-state index in [0.717, 1.165) is 10.6 Å². The fourth-order valence-electron chi connectivity index (χ4n) is 1.63. The van der Waals surface area contributed by atoms with Crippen molar-refractivity contribution in [3.63, 3.8) is 0 Å². The monoisotopic (exact) mass is 287 g/mol. The van der Waals surface area contributed by atoms with E-state index in [1.165, 1.54) is 11.0 Å². The van der Waals surface area contributed by atoms with E-state index in [1.54, 1.807) is 11.8 Å². The Morgan fingerprint density at radius 1 is 1.50 bits per heavy atom. The van der Waals surface area contributed by atoms with Gasteiger partial charge in [0.2, 0.25) is 5.91 Å². The highest BCUT2D eigenvalue weighted by molar-refractivity contribution is 7.98. The van der Waals surface area contributed by atoms with Crippen LogP contribution in [0.15, 0.2) is 35.5 Å². The summed E-state index contributed by atoms with van der Waals surface area (Å²) in [6, 6.07) is 9.48. The Balaban J connectivity index is 1.91. The molecule has 0 unspecified atom stereocenters. The zero-order chi connectivity index (χ0) is 14.4. The lowest BCUT2D eigenvalue weighted by Gasteiger charge is -2.08. The molecule has 0 radical (unpaired) electrons. The van der Waals surface area contributed by atoms with Gasteiger partial charge in [-0.1, -0.05) is 12.1 Å². The van der Waals surface area contributed by atoms with Gasteiger partial charge in [0.1, 0.15) is 12.4 Å². The van der Waals surface area contributed by atoms with Crippen molar-refractivity contribution in [2.24, 2.45) is 0 Å². The first-order valence-corrected chi connectivity index (χ1v) is 7.18. The van der Waals surface area contributed by atoms with Crippen LogP contribution in [0.2, 0.25) is 0 Å². The molecule has 0 aliphatic carbocycles. The van der Waals surface area contributed by atoms with Crippen LogP contribution in [0.3, 0.4) is 0 Å². The van der Waals surface area contributed by atoms with Gasteiger partial charge in [-0.3, -0.25) is 9.48 Å². The number of aromatic nitrogens is 3. The van der Waals surface area contributed by atoms with Crippen LogP contribution in [0.5, 0.6) is 0 Å². The third-order valence-corrected chi connectivity index (χ3v) is 3.38. The van der Waals surface area contributed by atoms with Crippen molar-refractivity contribution in [2.75, 3.05) is 11.6 Å². The molecule has 6 nitrogen and oxygen atoms in total. The molecule has 20 heavy (non-hydrogen) atoms. The van der Waals surface area contributed by atoms with Crippen LogP contribution in [-0.4, -0.2) is 26.9 Å². The maximum absolute atomic E-state index is 11.9. The first-order valence-electron chi connectivity index (χ1n) is 5.95. The molecule has 1 aromatic heterocycles. The van der Waals surface area contributed by atoms with E-state index >= 15 is 0 Å². The molecule has 7 heteroatoms. The van der Waals surface area contributed by atoms with E-state index in [9.17, 15) is 4.79 Å². The lowest BCUT2D eigenvalue weighted by atomic mass is 10.3. The van der Waals surface area contributed by atoms with Crippen LogP contribution < -0.4 is 5.32 Å². The van der Waals surface area contributed by atoms with Gasteiger partial charge in [-0.15, -0.1) is 16.9 Å². The number of amides is 1. The summed E-state index contributed by atoms with van der Waals surface area (Å²) in [7, 11) is 0. The molecule has 1 aromatic carbocycles. The average molecular weight is 287 g/mol. The minimum absolute atomic E-state index is 0.0968. The third-order valence-electron chi connectivity index (χ3n) is 2.59. The molecule has 0 fully saturated rings. The van der Waals surface area contributed by atoms with Crippen molar-refractivity contribution in [2.45, 2.75) is 17.9 Å². The Bertz CT molecular complexity index is 646. The van der Waals surface area contributed by atoms with Gasteiger partial charge in [0.05, 0.1) is 12.2 Å². The summed E-state index contributed by atoms with van der Waals surface area (Å²) in [5.41, 5.74) is 0.807. The second-order valence-corrected chi connectivity index (χ2v) is 4.79. The van der Waals surface area contributed by atoms with Crippen LogP contribution in [0.1, 0.15) is 12.2 Å². The van der Waals surface area contributed by atoms with Crippen molar-refractivity contribution in [3.8, 4) is 6.07 Å². The van der Waals surface area contributed by atoms with Crippen molar-refractivity contribution >= 4 is 23.4 Å². The first kappa shape index (κ1) is 14.1. The van der Waals surface area contributed by atoms with Gasteiger partial charge in [-0.25, -0.2) is 4.98 Å². The molecule has 0 aliphatic rings. The maximum atomic E-state index is 11.9. The average Bonchev–Trinajstić information content (AvgIpc) is 2.94. The number of hydrogen-bond donors (Lipinski definition) is 1. The molecule has 2 aromatic rings. The molecular weight excluding hydrogens is 274 g/mol. The molecule has 0 saturated heterocycles. The number of nitriles is 1. The number of nitrogens with zero attached hydrogens (tertiary/aromatic N) is 4. The molecule has 2 rings (SSSR count). The van der Waals surface area contributed by atoms with Crippen molar-refractivity contribution in [3.05, 3.63) is 36.4 Å². The lowest BCUT2D eigenvalue weighted by Crippen LogP contribution is -2.15. The van der Waals surface area contributed by atoms with Crippen LogP contribution in [0, 0.1) is 11.3 Å². The molecular formula is C13H13N5OS. The highest BCUT2D eigenvalue weighted by Gasteiger charge is 2.07. The second-order valence-electron chi connectivity index (χ2n) is 3.94. The van der Waals surface area contributed by atoms with Crippen LogP contribution in [-0.2, 0) is 11.3 Å². The highest BCUT2D eigenvalue weighted by atomic mass is 32.2. The van der Waals surface area contributed by atoms with Gasteiger partial charge < -0.3 is 5.32 Å². The standard InChI is InChI=1S/C13H13N5OS/c1-20-11-5-3-2-4-10(11)16-13(19)6-7-18-9-15-12(8-14)17-18/h2-5,9H,6-7H2,1H3,(H,16,19). The Kier molecular flexibility index (Phi) is 4.74. The number of para-hydroxylation sites is 1. The predicted molar refractivity (Wildman–Crippen MR) is 76.2 cm³/mol. The normalized spacial score (nSPS) is 10.0. The van der Waals surface area contributed by atoms with Gasteiger partial charge >= 0.3 is 0 Å². The van der Waals surface area contributed by atoms with Gasteiger partial charge in [-0.2, -0.15) is 5.26 Å². The van der Waals surface area contributed by atoms with Crippen LogP contribution in [0.25, 0.3) is 0 Å². The van der Waals surface area contributed by atoms with Crippen LogP contribution >= 0.6 is 11.8 Å². The lowest BCUT2D eigenvalue weighted by molar-refractivity contribution is -0.116. The minimum Gasteiger partial charge on any atom is -0.325 e. The van der Waals surface area contributed by atoms with Crippen molar-refractivity contribution < 1.29 is 4.79 Å². The summed E-state index contributed by atoms with van der Waals surface area (Å²) < 4.78 is 1.48. The largest absolute Gasteiger partial charge is 0.325 e. The third kappa shape index (κ3) is 3.59. The van der Waals surface area contributed by atoms with E-state index < -0.39 is 0 Å².